The van der Waals surface area contributed by atoms with Crippen molar-refractivity contribution in [2.75, 3.05) is 13.1 Å². The van der Waals surface area contributed by atoms with E-state index in [9.17, 15) is 9.18 Å². The van der Waals surface area contributed by atoms with Crippen molar-refractivity contribution >= 4 is 27.5 Å². The lowest BCUT2D eigenvalue weighted by atomic mass is 10.1. The fourth-order valence-electron chi connectivity index (χ4n) is 2.92. The lowest BCUT2D eigenvalue weighted by Crippen LogP contribution is -2.42. The number of halogens is 1. The van der Waals surface area contributed by atoms with Crippen LogP contribution < -0.4 is 4.74 Å². The molecule has 1 aliphatic heterocycles. The Morgan fingerprint density at radius 3 is 2.76 bits per heavy atom. The molecule has 0 N–H and O–H groups in total. The van der Waals surface area contributed by atoms with E-state index in [0.717, 1.165) is 17.5 Å². The highest BCUT2D eigenvalue weighted by Gasteiger charge is 2.26. The number of para-hydroxylation sites is 1. The van der Waals surface area contributed by atoms with Crippen LogP contribution in [-0.2, 0) is 0 Å². The second kappa shape index (κ2) is 6.76. The predicted octanol–water partition coefficient (Wildman–Crippen LogP) is 3.51. The van der Waals surface area contributed by atoms with Gasteiger partial charge in [-0.25, -0.2) is 4.39 Å². The van der Waals surface area contributed by atoms with E-state index in [-0.39, 0.29) is 17.8 Å². The fraction of sp³-hybridized carbons (Fsp3) is 0.278. The number of fused-ring (bicyclic) bond motifs is 1. The van der Waals surface area contributed by atoms with Crippen LogP contribution in [0.1, 0.15) is 23.3 Å². The molecule has 25 heavy (non-hydrogen) atoms. The van der Waals surface area contributed by atoms with E-state index in [1.807, 2.05) is 12.1 Å². The number of hydrogen-bond donors (Lipinski definition) is 0. The highest BCUT2D eigenvalue weighted by molar-refractivity contribution is 7.20. The van der Waals surface area contributed by atoms with Gasteiger partial charge in [-0.3, -0.25) is 9.78 Å². The van der Waals surface area contributed by atoms with Crippen molar-refractivity contribution in [2.45, 2.75) is 18.9 Å². The first kappa shape index (κ1) is 16.0. The first-order valence-corrected chi connectivity index (χ1v) is 8.94. The number of amides is 1. The molecular formula is C18H16FN3O2S. The van der Waals surface area contributed by atoms with Crippen LogP contribution >= 0.6 is 11.3 Å². The monoisotopic (exact) mass is 357 g/mol. The molecule has 1 amide bonds. The molecule has 3 aromatic rings. The number of nitrogens with zero attached hydrogens (tertiary/aromatic N) is 3. The molecule has 4 rings (SSSR count). The van der Waals surface area contributed by atoms with E-state index in [4.69, 9.17) is 4.74 Å². The van der Waals surface area contributed by atoms with Crippen molar-refractivity contribution in [3.8, 4) is 5.19 Å². The average Bonchev–Trinajstić information content (AvgIpc) is 3.06. The molecule has 0 radical (unpaired) electrons. The smallest absolute Gasteiger partial charge is 0.274 e. The lowest BCUT2D eigenvalue weighted by Gasteiger charge is -2.31. The number of pyridine rings is 1. The molecule has 1 fully saturated rings. The number of likely N-dealkylation sites (tertiary alicyclic amines) is 1. The van der Waals surface area contributed by atoms with Gasteiger partial charge in [-0.15, -0.1) is 0 Å². The zero-order valence-corrected chi connectivity index (χ0v) is 14.2. The summed E-state index contributed by atoms with van der Waals surface area (Å²) in [6, 6.07) is 10.2. The van der Waals surface area contributed by atoms with E-state index in [1.165, 1.54) is 17.4 Å². The van der Waals surface area contributed by atoms with Crippen molar-refractivity contribution in [1.82, 2.24) is 14.9 Å². The second-order valence-electron chi connectivity index (χ2n) is 5.89. The molecule has 1 aliphatic rings. The molecule has 0 unspecified atom stereocenters. The molecule has 128 valence electrons. The number of hydrogen-bond acceptors (Lipinski definition) is 5. The summed E-state index contributed by atoms with van der Waals surface area (Å²) in [6.07, 6.45) is 3.04. The van der Waals surface area contributed by atoms with Gasteiger partial charge in [0, 0.05) is 32.1 Å². The molecule has 2 aromatic heterocycles. The van der Waals surface area contributed by atoms with E-state index in [2.05, 4.69) is 9.97 Å². The quantitative estimate of drug-likeness (QED) is 0.720. The summed E-state index contributed by atoms with van der Waals surface area (Å²) in [5, 5.41) is 0.481. The standard InChI is InChI=1S/C18H16FN3O2S/c19-13-4-3-6-15-16(13)21-18(25-15)24-12-7-10-22(11-8-12)17(23)14-5-1-2-9-20-14/h1-6,9,12H,7-8,10-11H2. The van der Waals surface area contributed by atoms with Gasteiger partial charge >= 0.3 is 0 Å². The van der Waals surface area contributed by atoms with Crippen molar-refractivity contribution in [2.24, 2.45) is 0 Å². The fourth-order valence-corrected chi connectivity index (χ4v) is 3.81. The van der Waals surface area contributed by atoms with Gasteiger partial charge in [0.15, 0.2) is 0 Å². The summed E-state index contributed by atoms with van der Waals surface area (Å²) >= 11 is 1.35. The normalized spacial score (nSPS) is 15.5. The number of ether oxygens (including phenoxy) is 1. The molecule has 0 saturated carbocycles. The molecule has 0 atom stereocenters. The maximum Gasteiger partial charge on any atom is 0.274 e. The Labute approximate surface area is 148 Å². The topological polar surface area (TPSA) is 55.3 Å². The summed E-state index contributed by atoms with van der Waals surface area (Å²) in [5.74, 6) is -0.388. The number of aromatic nitrogens is 2. The molecule has 5 nitrogen and oxygen atoms in total. The highest BCUT2D eigenvalue weighted by atomic mass is 32.1. The SMILES string of the molecule is O=C(c1ccccn1)N1CCC(Oc2nc3c(F)cccc3s2)CC1. The Hall–Kier alpha value is -2.54. The number of piperidine rings is 1. The maximum atomic E-state index is 13.7. The van der Waals surface area contributed by atoms with Crippen molar-refractivity contribution in [3.63, 3.8) is 0 Å². The highest BCUT2D eigenvalue weighted by Crippen LogP contribution is 2.31. The molecule has 7 heteroatoms. The first-order chi connectivity index (χ1) is 12.2. The van der Waals surface area contributed by atoms with E-state index in [1.54, 1.807) is 29.3 Å². The van der Waals surface area contributed by atoms with Crippen LogP contribution in [0.15, 0.2) is 42.6 Å². The van der Waals surface area contributed by atoms with E-state index < -0.39 is 0 Å². The molecule has 0 spiro atoms. The van der Waals surface area contributed by atoms with Crippen LogP contribution in [0.3, 0.4) is 0 Å². The summed E-state index contributed by atoms with van der Waals surface area (Å²) in [7, 11) is 0. The van der Waals surface area contributed by atoms with Gasteiger partial charge in [0.25, 0.3) is 11.1 Å². The zero-order chi connectivity index (χ0) is 17.2. The number of thiazole rings is 1. The number of carbonyl (C=O) groups excluding carboxylic acids is 1. The minimum atomic E-state index is -0.334. The van der Waals surface area contributed by atoms with Gasteiger partial charge in [-0.05, 0) is 24.3 Å². The molecule has 3 heterocycles. The zero-order valence-electron chi connectivity index (χ0n) is 13.4. The molecule has 0 aliphatic carbocycles. The molecule has 1 saturated heterocycles. The van der Waals surface area contributed by atoms with Gasteiger partial charge in [-0.1, -0.05) is 23.5 Å². The van der Waals surface area contributed by atoms with Crippen molar-refractivity contribution < 1.29 is 13.9 Å². The third-order valence-electron chi connectivity index (χ3n) is 4.23. The minimum Gasteiger partial charge on any atom is -0.467 e. The van der Waals surface area contributed by atoms with Crippen molar-refractivity contribution in [3.05, 3.63) is 54.1 Å². The van der Waals surface area contributed by atoms with Crippen LogP contribution in [0.2, 0.25) is 0 Å². The van der Waals surface area contributed by atoms with Gasteiger partial charge in [0.1, 0.15) is 23.1 Å². The summed E-state index contributed by atoms with van der Waals surface area (Å²) in [5.41, 5.74) is 0.814. The van der Waals surface area contributed by atoms with Gasteiger partial charge in [0.2, 0.25) is 0 Å². The van der Waals surface area contributed by atoms with Gasteiger partial charge in [0.05, 0.1) is 4.70 Å². The van der Waals surface area contributed by atoms with Crippen LogP contribution in [0.4, 0.5) is 4.39 Å². The molecular weight excluding hydrogens is 341 g/mol. The van der Waals surface area contributed by atoms with E-state index in [0.29, 0.717) is 29.5 Å². The third-order valence-corrected chi connectivity index (χ3v) is 5.14. The number of carbonyl (C=O) groups is 1. The van der Waals surface area contributed by atoms with E-state index >= 15 is 0 Å². The summed E-state index contributed by atoms with van der Waals surface area (Å²) < 4.78 is 20.4. The van der Waals surface area contributed by atoms with Gasteiger partial charge < -0.3 is 9.64 Å². The lowest BCUT2D eigenvalue weighted by molar-refractivity contribution is 0.0590. The van der Waals surface area contributed by atoms with Crippen LogP contribution in [0, 0.1) is 5.82 Å². The maximum absolute atomic E-state index is 13.7. The largest absolute Gasteiger partial charge is 0.467 e. The van der Waals surface area contributed by atoms with Crippen LogP contribution in [0.5, 0.6) is 5.19 Å². The molecule has 1 aromatic carbocycles. The first-order valence-electron chi connectivity index (χ1n) is 8.13. The Morgan fingerprint density at radius 1 is 1.20 bits per heavy atom. The Balaban J connectivity index is 1.38. The Kier molecular flexibility index (Phi) is 4.31. The Morgan fingerprint density at radius 2 is 2.04 bits per heavy atom. The van der Waals surface area contributed by atoms with Gasteiger partial charge in [-0.2, -0.15) is 4.98 Å². The van der Waals surface area contributed by atoms with Crippen molar-refractivity contribution in [1.29, 1.82) is 0 Å². The summed E-state index contributed by atoms with van der Waals surface area (Å²) in [6.45, 7) is 1.22. The van der Waals surface area contributed by atoms with Crippen LogP contribution in [0.25, 0.3) is 10.2 Å². The summed E-state index contributed by atoms with van der Waals surface area (Å²) in [4.78, 5) is 22.5. The van der Waals surface area contributed by atoms with Crippen LogP contribution in [-0.4, -0.2) is 40.0 Å². The minimum absolute atomic E-state index is 0.0172. The number of benzene rings is 1. The predicted molar refractivity (Wildman–Crippen MR) is 93.4 cm³/mol. The number of rotatable bonds is 3. The Bertz CT molecular complexity index is 892. The molecule has 0 bridgehead atoms. The second-order valence-corrected chi connectivity index (χ2v) is 6.88. The third kappa shape index (κ3) is 3.32. The average molecular weight is 357 g/mol.